The largest absolute Gasteiger partial charge is 0.507 e. The number of benzene rings is 3. The number of carbonyl (C=O) groups is 2. The van der Waals surface area contributed by atoms with Crippen molar-refractivity contribution in [3.05, 3.63) is 77.9 Å². The van der Waals surface area contributed by atoms with Gasteiger partial charge in [0.15, 0.2) is 0 Å². The van der Waals surface area contributed by atoms with Crippen molar-refractivity contribution < 1.29 is 29.6 Å². The Hall–Kier alpha value is -3.88. The molecule has 3 aromatic rings. The van der Waals surface area contributed by atoms with E-state index >= 15 is 0 Å². The van der Waals surface area contributed by atoms with E-state index in [1.165, 1.54) is 18.2 Å². The fourth-order valence-corrected chi connectivity index (χ4v) is 4.06. The van der Waals surface area contributed by atoms with Crippen LogP contribution in [0.1, 0.15) is 33.6 Å². The van der Waals surface area contributed by atoms with Crippen molar-refractivity contribution in [1.82, 2.24) is 4.90 Å². The first kappa shape index (κ1) is 24.3. The highest BCUT2D eigenvalue weighted by Crippen LogP contribution is 2.28. The van der Waals surface area contributed by atoms with Gasteiger partial charge in [0.1, 0.15) is 18.1 Å². The second-order valence-corrected chi connectivity index (χ2v) is 8.49. The summed E-state index contributed by atoms with van der Waals surface area (Å²) in [6.07, 6.45) is 1.25. The van der Waals surface area contributed by atoms with Crippen LogP contribution in [0.2, 0.25) is 0 Å². The van der Waals surface area contributed by atoms with Crippen LogP contribution in [-0.2, 0) is 0 Å². The van der Waals surface area contributed by atoms with Gasteiger partial charge >= 0.3 is 5.97 Å². The van der Waals surface area contributed by atoms with Gasteiger partial charge in [-0.2, -0.15) is 0 Å². The molecule has 1 aliphatic rings. The maximum absolute atomic E-state index is 13.0. The zero-order valence-electron chi connectivity index (χ0n) is 19.2. The summed E-state index contributed by atoms with van der Waals surface area (Å²) in [4.78, 5) is 26.9. The molecule has 0 spiro atoms. The van der Waals surface area contributed by atoms with Crippen LogP contribution in [-0.4, -0.2) is 64.4 Å². The van der Waals surface area contributed by atoms with Gasteiger partial charge in [0, 0.05) is 19.6 Å². The molecular weight excluding hydrogens is 448 g/mol. The first-order valence-electron chi connectivity index (χ1n) is 11.5. The van der Waals surface area contributed by atoms with Gasteiger partial charge in [-0.1, -0.05) is 36.4 Å². The second-order valence-electron chi connectivity index (χ2n) is 8.49. The molecule has 3 aromatic carbocycles. The third-order valence-corrected chi connectivity index (χ3v) is 6.05. The molecule has 0 radical (unpaired) electrons. The van der Waals surface area contributed by atoms with E-state index in [4.69, 9.17) is 4.74 Å². The van der Waals surface area contributed by atoms with Crippen LogP contribution in [0, 0.1) is 0 Å². The van der Waals surface area contributed by atoms with E-state index in [9.17, 15) is 24.9 Å². The summed E-state index contributed by atoms with van der Waals surface area (Å²) in [5.41, 5.74) is 1.67. The van der Waals surface area contributed by atoms with Crippen molar-refractivity contribution in [2.24, 2.45) is 0 Å². The normalized spacial score (nSPS) is 14.4. The van der Waals surface area contributed by atoms with Gasteiger partial charge in [0.25, 0.3) is 5.91 Å². The Labute approximate surface area is 203 Å². The average molecular weight is 477 g/mol. The van der Waals surface area contributed by atoms with Crippen LogP contribution in [0.25, 0.3) is 11.1 Å². The number of anilines is 1. The maximum Gasteiger partial charge on any atom is 0.337 e. The average Bonchev–Trinajstić information content (AvgIpc) is 2.86. The minimum absolute atomic E-state index is 0.0231. The summed E-state index contributed by atoms with van der Waals surface area (Å²) in [6.45, 7) is 2.69. The third kappa shape index (κ3) is 6.17. The Balaban J connectivity index is 1.48. The van der Waals surface area contributed by atoms with Gasteiger partial charge in [-0.15, -0.1) is 0 Å². The number of ether oxygens (including phenoxy) is 1. The molecule has 0 atom stereocenters. The standard InChI is InChI=1S/C27H28N2O6/c30-20-10-12-29(13-11-20)14-15-35-21-7-9-25(31)23(17-21)26(32)28-24-16-19(6-8-22(24)27(33)34)18-4-2-1-3-5-18/h1-9,16-17,20,30-31H,10-15H2,(H,28,32)(H,33,34). The van der Waals surface area contributed by atoms with Gasteiger partial charge in [0.05, 0.1) is 22.9 Å². The molecule has 0 bridgehead atoms. The zero-order valence-corrected chi connectivity index (χ0v) is 19.2. The minimum atomic E-state index is -1.17. The Bertz CT molecular complexity index is 1190. The maximum atomic E-state index is 13.0. The number of hydrogen-bond donors (Lipinski definition) is 4. The van der Waals surface area contributed by atoms with Crippen molar-refractivity contribution >= 4 is 17.6 Å². The Morgan fingerprint density at radius 2 is 1.69 bits per heavy atom. The number of aliphatic hydroxyl groups is 1. The number of amides is 1. The number of hydrogen-bond acceptors (Lipinski definition) is 6. The lowest BCUT2D eigenvalue weighted by Crippen LogP contribution is -2.38. The number of aromatic carboxylic acids is 1. The lowest BCUT2D eigenvalue weighted by Gasteiger charge is -2.29. The van der Waals surface area contributed by atoms with E-state index in [1.54, 1.807) is 18.2 Å². The SMILES string of the molecule is O=C(Nc1cc(-c2ccccc2)ccc1C(=O)O)c1cc(OCCN2CCC(O)CC2)ccc1O. The number of rotatable bonds is 8. The highest BCUT2D eigenvalue weighted by Gasteiger charge is 2.19. The quantitative estimate of drug-likeness (QED) is 0.390. The monoisotopic (exact) mass is 476 g/mol. The number of piperidine rings is 1. The number of aromatic hydroxyl groups is 1. The fraction of sp³-hybridized carbons (Fsp3) is 0.259. The number of carboxylic acid groups (broad SMARTS) is 1. The van der Waals surface area contributed by atoms with Crippen LogP contribution in [0.15, 0.2) is 66.7 Å². The summed E-state index contributed by atoms with van der Waals surface area (Å²) >= 11 is 0. The van der Waals surface area contributed by atoms with E-state index in [-0.39, 0.29) is 28.7 Å². The third-order valence-electron chi connectivity index (χ3n) is 6.05. The molecule has 1 amide bonds. The number of carboxylic acids is 1. The van der Waals surface area contributed by atoms with Gasteiger partial charge in [0.2, 0.25) is 0 Å². The summed E-state index contributed by atoms with van der Waals surface area (Å²) in [6, 6.07) is 18.5. The van der Waals surface area contributed by atoms with E-state index in [0.717, 1.165) is 37.1 Å². The van der Waals surface area contributed by atoms with Crippen LogP contribution in [0.3, 0.4) is 0 Å². The van der Waals surface area contributed by atoms with Gasteiger partial charge in [-0.05, 0) is 54.3 Å². The molecule has 4 N–H and O–H groups in total. The molecule has 35 heavy (non-hydrogen) atoms. The molecular formula is C27H28N2O6. The molecule has 8 heteroatoms. The van der Waals surface area contributed by atoms with Gasteiger partial charge in [-0.3, -0.25) is 9.69 Å². The number of carbonyl (C=O) groups excluding carboxylic acids is 1. The predicted octanol–water partition coefficient (Wildman–Crippen LogP) is 3.85. The van der Waals surface area contributed by atoms with E-state index in [0.29, 0.717) is 18.9 Å². The summed E-state index contributed by atoms with van der Waals surface area (Å²) < 4.78 is 5.78. The highest BCUT2D eigenvalue weighted by atomic mass is 16.5. The van der Waals surface area contributed by atoms with Crippen molar-refractivity contribution in [1.29, 1.82) is 0 Å². The van der Waals surface area contributed by atoms with Crippen molar-refractivity contribution in [3.63, 3.8) is 0 Å². The van der Waals surface area contributed by atoms with Crippen molar-refractivity contribution in [3.8, 4) is 22.6 Å². The summed E-state index contributed by atoms with van der Waals surface area (Å²) in [5, 5.41) is 32.1. The summed E-state index contributed by atoms with van der Waals surface area (Å²) in [5.74, 6) is -1.64. The Morgan fingerprint density at radius 3 is 2.40 bits per heavy atom. The molecule has 8 nitrogen and oxygen atoms in total. The summed E-state index contributed by atoms with van der Waals surface area (Å²) in [7, 11) is 0. The van der Waals surface area contributed by atoms with Gasteiger partial charge < -0.3 is 25.4 Å². The highest BCUT2D eigenvalue weighted by molar-refractivity contribution is 6.09. The molecule has 1 saturated heterocycles. The predicted molar refractivity (Wildman–Crippen MR) is 132 cm³/mol. The van der Waals surface area contributed by atoms with Crippen LogP contribution < -0.4 is 10.1 Å². The molecule has 0 unspecified atom stereocenters. The number of aliphatic hydroxyl groups excluding tert-OH is 1. The topological polar surface area (TPSA) is 119 Å². The minimum Gasteiger partial charge on any atom is -0.507 e. The van der Waals surface area contributed by atoms with Crippen LogP contribution >= 0.6 is 0 Å². The number of nitrogens with zero attached hydrogens (tertiary/aromatic N) is 1. The van der Waals surface area contributed by atoms with Crippen LogP contribution in [0.5, 0.6) is 11.5 Å². The van der Waals surface area contributed by atoms with Gasteiger partial charge in [-0.25, -0.2) is 4.79 Å². The first-order chi connectivity index (χ1) is 16.9. The van der Waals surface area contributed by atoms with Crippen molar-refractivity contribution in [2.75, 3.05) is 31.6 Å². The molecule has 4 rings (SSSR count). The molecule has 1 aliphatic heterocycles. The molecule has 0 saturated carbocycles. The Kier molecular flexibility index (Phi) is 7.64. The number of phenols is 1. The lowest BCUT2D eigenvalue weighted by molar-refractivity contribution is 0.0697. The number of phenolic OH excluding ortho intramolecular Hbond substituents is 1. The Morgan fingerprint density at radius 1 is 0.943 bits per heavy atom. The van der Waals surface area contributed by atoms with Crippen molar-refractivity contribution in [2.45, 2.75) is 18.9 Å². The smallest absolute Gasteiger partial charge is 0.337 e. The van der Waals surface area contributed by atoms with E-state index < -0.39 is 11.9 Å². The molecule has 182 valence electrons. The molecule has 1 fully saturated rings. The van der Waals surface area contributed by atoms with Crippen LogP contribution in [0.4, 0.5) is 5.69 Å². The molecule has 0 aliphatic carbocycles. The zero-order chi connectivity index (χ0) is 24.8. The number of nitrogens with one attached hydrogen (secondary N) is 1. The fourth-order valence-electron chi connectivity index (χ4n) is 4.06. The van der Waals surface area contributed by atoms with E-state index in [1.807, 2.05) is 30.3 Å². The first-order valence-corrected chi connectivity index (χ1v) is 11.5. The van der Waals surface area contributed by atoms with E-state index in [2.05, 4.69) is 10.2 Å². The molecule has 1 heterocycles. The number of likely N-dealkylation sites (tertiary alicyclic amines) is 1. The molecule has 0 aromatic heterocycles. The second kappa shape index (κ2) is 11.0. The lowest BCUT2D eigenvalue weighted by atomic mass is 10.0.